The van der Waals surface area contributed by atoms with E-state index in [9.17, 15) is 0 Å². The van der Waals surface area contributed by atoms with Crippen LogP contribution in [0.15, 0.2) is 20.0 Å². The lowest BCUT2D eigenvalue weighted by Gasteiger charge is -2.43. The quantitative estimate of drug-likeness (QED) is 0.382. The third kappa shape index (κ3) is 4.20. The summed E-state index contributed by atoms with van der Waals surface area (Å²) in [6, 6.07) is 2.90. The molecular weight excluding hydrogens is 381 g/mol. The van der Waals surface area contributed by atoms with Gasteiger partial charge in [-0.15, -0.1) is 0 Å². The maximum atomic E-state index is 2.66. The van der Waals surface area contributed by atoms with Crippen LogP contribution in [0, 0.1) is 0 Å². The minimum atomic E-state index is -1.50. The van der Waals surface area contributed by atoms with Crippen LogP contribution in [-0.2, 0) is 0 Å². The van der Waals surface area contributed by atoms with Gasteiger partial charge in [-0.25, -0.2) is 0 Å². The Bertz CT molecular complexity index is 530. The monoisotopic (exact) mass is 426 g/mol. The van der Waals surface area contributed by atoms with Crippen LogP contribution in [0.2, 0.25) is 90.7 Å². The molecule has 0 aliphatic carbocycles. The molecule has 1 aliphatic rings. The third-order valence-corrected chi connectivity index (χ3v) is 26.9. The van der Waals surface area contributed by atoms with Gasteiger partial charge in [0.25, 0.3) is 0 Å². The van der Waals surface area contributed by atoms with E-state index >= 15 is 0 Å². The number of hydrogen-bond acceptors (Lipinski definition) is 0. The van der Waals surface area contributed by atoms with Crippen LogP contribution in [0.4, 0.5) is 0 Å². The first-order chi connectivity index (χ1) is 10.9. The van der Waals surface area contributed by atoms with Crippen molar-refractivity contribution in [3.05, 3.63) is 20.0 Å². The summed E-state index contributed by atoms with van der Waals surface area (Å²) >= 11 is 0. The number of allylic oxidation sites excluding steroid dienone is 2. The molecule has 0 amide bonds. The molecule has 0 aromatic rings. The molecule has 0 saturated heterocycles. The van der Waals surface area contributed by atoms with Crippen molar-refractivity contribution in [2.45, 2.75) is 104 Å². The average molecular weight is 427 g/mol. The van der Waals surface area contributed by atoms with Crippen LogP contribution >= 0.6 is 0 Å². The van der Waals surface area contributed by atoms with Crippen LogP contribution in [-0.4, -0.2) is 40.4 Å². The second-order valence-electron chi connectivity index (χ2n) is 12.3. The average Bonchev–Trinajstić information content (AvgIpc) is 2.69. The van der Waals surface area contributed by atoms with Crippen molar-refractivity contribution >= 4 is 40.4 Å². The van der Waals surface area contributed by atoms with Gasteiger partial charge in [0.15, 0.2) is 0 Å². The maximum absolute atomic E-state index is 2.66. The summed E-state index contributed by atoms with van der Waals surface area (Å²) in [6.07, 6.45) is 0. The summed E-state index contributed by atoms with van der Waals surface area (Å²) in [5.74, 6) is 0. The molecule has 146 valence electrons. The van der Waals surface area contributed by atoms with E-state index in [2.05, 4.69) is 102 Å². The second-order valence-corrected chi connectivity index (χ2v) is 37.9. The van der Waals surface area contributed by atoms with E-state index in [0.29, 0.717) is 0 Å². The van der Waals surface area contributed by atoms with Crippen molar-refractivity contribution in [1.82, 2.24) is 0 Å². The fourth-order valence-corrected chi connectivity index (χ4v) is 39.5. The predicted molar refractivity (Wildman–Crippen MR) is 134 cm³/mol. The molecule has 0 radical (unpaired) electrons. The van der Waals surface area contributed by atoms with Crippen molar-refractivity contribution in [2.24, 2.45) is 0 Å². The van der Waals surface area contributed by atoms with Crippen molar-refractivity contribution in [3.8, 4) is 0 Å². The fraction of sp³-hybridized carbons (Fsp3) is 0.800. The van der Waals surface area contributed by atoms with Crippen LogP contribution in [0.1, 0.15) is 13.8 Å². The first-order valence-electron chi connectivity index (χ1n) is 10.4. The molecule has 0 nitrogen and oxygen atoms in total. The molecular formula is C20H46Si5. The van der Waals surface area contributed by atoms with Gasteiger partial charge in [-0.2, -0.15) is 0 Å². The molecule has 0 atom stereocenters. The summed E-state index contributed by atoms with van der Waals surface area (Å²) in [5, 5.41) is 4.03. The minimum Gasteiger partial charge on any atom is -0.0875 e. The summed E-state index contributed by atoms with van der Waals surface area (Å²) in [7, 11) is -6.90. The van der Waals surface area contributed by atoms with Gasteiger partial charge in [0.1, 0.15) is 0 Å². The molecule has 0 aromatic carbocycles. The molecule has 0 unspecified atom stereocenters. The molecule has 0 saturated carbocycles. The Hall–Kier alpha value is 0.564. The summed E-state index contributed by atoms with van der Waals surface area (Å²) in [6.45, 7) is 36.9. The molecule has 0 bridgehead atoms. The van der Waals surface area contributed by atoms with E-state index in [1.54, 1.807) is 0 Å². The SMILES string of the molecule is CC[Si]1(CC)C([Si](C)(C)C)=C([Si](C)(C)C)C([Si](C)(C)C)=C1[Si](C)(C)C. The summed E-state index contributed by atoms with van der Waals surface area (Å²) < 4.78 is 0. The highest BCUT2D eigenvalue weighted by atomic mass is 28.4. The van der Waals surface area contributed by atoms with Crippen LogP contribution < -0.4 is 0 Å². The normalized spacial score (nSPS) is 19.9. The Morgan fingerprint density at radius 1 is 0.480 bits per heavy atom. The highest BCUT2D eigenvalue weighted by Crippen LogP contribution is 2.54. The van der Waals surface area contributed by atoms with Crippen molar-refractivity contribution in [3.63, 3.8) is 0 Å². The Morgan fingerprint density at radius 2 is 0.720 bits per heavy atom. The molecule has 0 fully saturated rings. The Morgan fingerprint density at radius 3 is 0.840 bits per heavy atom. The van der Waals surface area contributed by atoms with Gasteiger partial charge in [-0.3, -0.25) is 0 Å². The fourth-order valence-electron chi connectivity index (χ4n) is 5.50. The summed E-state index contributed by atoms with van der Waals surface area (Å²) in [4.78, 5) is 4.25. The first kappa shape index (κ1) is 23.6. The smallest absolute Gasteiger partial charge is 0.0875 e. The minimum absolute atomic E-state index is 1.34. The van der Waals surface area contributed by atoms with Crippen LogP contribution in [0.3, 0.4) is 0 Å². The largest absolute Gasteiger partial charge is 0.0996 e. The second kappa shape index (κ2) is 6.87. The van der Waals surface area contributed by atoms with Gasteiger partial charge >= 0.3 is 0 Å². The predicted octanol–water partition coefficient (Wildman–Crippen LogP) is 7.67. The highest BCUT2D eigenvalue weighted by molar-refractivity contribution is 7.21. The molecule has 25 heavy (non-hydrogen) atoms. The zero-order valence-corrected chi connectivity index (χ0v) is 24.9. The van der Waals surface area contributed by atoms with Crippen LogP contribution in [0.25, 0.3) is 0 Å². The molecule has 5 heteroatoms. The lowest BCUT2D eigenvalue weighted by Crippen LogP contribution is -2.52. The van der Waals surface area contributed by atoms with Gasteiger partial charge in [-0.05, 0) is 0 Å². The number of rotatable bonds is 6. The van der Waals surface area contributed by atoms with E-state index in [1.807, 2.05) is 10.4 Å². The summed E-state index contributed by atoms with van der Waals surface area (Å²) in [5.41, 5.74) is 0. The number of hydrogen-bond donors (Lipinski definition) is 0. The van der Waals surface area contributed by atoms with E-state index in [4.69, 9.17) is 0 Å². The molecule has 1 heterocycles. The lowest BCUT2D eigenvalue weighted by atomic mass is 10.6. The zero-order valence-electron chi connectivity index (χ0n) is 19.9. The lowest BCUT2D eigenvalue weighted by molar-refractivity contribution is 1.27. The topological polar surface area (TPSA) is 0 Å². The first-order valence-corrected chi connectivity index (χ1v) is 26.8. The standard InChI is InChI=1S/C20H46Si5/c1-15-25(16-2)19(23(9,10)11)17(21(3,4)5)18(22(6,7)8)20(25)24(12,13)14/h15-16H2,1-14H3. The van der Waals surface area contributed by atoms with Gasteiger partial charge < -0.3 is 0 Å². The van der Waals surface area contributed by atoms with Gasteiger partial charge in [0, 0.05) is 0 Å². The molecule has 0 aromatic heterocycles. The van der Waals surface area contributed by atoms with E-state index in [1.165, 1.54) is 12.1 Å². The Kier molecular flexibility index (Phi) is 6.48. The Balaban J connectivity index is 4.23. The van der Waals surface area contributed by atoms with E-state index in [-0.39, 0.29) is 0 Å². The van der Waals surface area contributed by atoms with E-state index < -0.39 is 40.4 Å². The molecule has 1 rings (SSSR count). The maximum Gasteiger partial charge on any atom is 0.0996 e. The highest BCUT2D eigenvalue weighted by Gasteiger charge is 2.56. The van der Waals surface area contributed by atoms with E-state index in [0.717, 1.165) is 0 Å². The van der Waals surface area contributed by atoms with Crippen molar-refractivity contribution in [1.29, 1.82) is 0 Å². The van der Waals surface area contributed by atoms with Gasteiger partial charge in [-0.1, -0.05) is 125 Å². The molecule has 0 N–H and O–H groups in total. The Labute approximate surface area is 164 Å². The van der Waals surface area contributed by atoms with Crippen molar-refractivity contribution < 1.29 is 0 Å². The molecule has 1 aliphatic heterocycles. The van der Waals surface area contributed by atoms with Gasteiger partial charge in [0.05, 0.1) is 40.4 Å². The van der Waals surface area contributed by atoms with Crippen LogP contribution in [0.5, 0.6) is 0 Å². The van der Waals surface area contributed by atoms with Crippen molar-refractivity contribution in [2.75, 3.05) is 0 Å². The molecule has 0 spiro atoms. The zero-order chi connectivity index (χ0) is 20.2. The van der Waals surface area contributed by atoms with Gasteiger partial charge in [0.2, 0.25) is 0 Å². The third-order valence-electron chi connectivity index (χ3n) is 5.91.